The Kier molecular flexibility index (Phi) is 4.06. The van der Waals surface area contributed by atoms with Crippen molar-refractivity contribution in [2.45, 2.75) is 26.1 Å². The second-order valence-corrected chi connectivity index (χ2v) is 9.16. The number of carboxylic acid groups (broad SMARTS) is 1. The van der Waals surface area contributed by atoms with E-state index in [4.69, 9.17) is 9.53 Å². The average Bonchev–Trinajstić information content (AvgIpc) is 2.15. The molecule has 1 N–H and O–H groups in total. The van der Waals surface area contributed by atoms with Gasteiger partial charge >= 0.3 is 5.97 Å². The molecule has 0 unspecified atom stereocenters. The van der Waals surface area contributed by atoms with Crippen LogP contribution >= 0.6 is 0 Å². The fraction of sp³-hybridized carbons (Fsp3) is 0.333. The molecule has 4 nitrogen and oxygen atoms in total. The molecule has 0 radical (unpaired) electrons. The van der Waals surface area contributed by atoms with Gasteiger partial charge in [-0.2, -0.15) is 0 Å². The van der Waals surface area contributed by atoms with E-state index >= 15 is 0 Å². The first-order valence-corrected chi connectivity index (χ1v) is 8.73. The molecule has 92 valence electrons. The molecule has 0 aromatic heterocycles. The van der Waals surface area contributed by atoms with Crippen LogP contribution in [0.15, 0.2) is 24.3 Å². The highest BCUT2D eigenvalue weighted by atomic mass is 28.4. The van der Waals surface area contributed by atoms with Crippen molar-refractivity contribution < 1.29 is 19.1 Å². The number of carbonyl (C=O) groups is 2. The summed E-state index contributed by atoms with van der Waals surface area (Å²) in [5, 5.41) is 8.51. The smallest absolute Gasteiger partial charge is 0.311 e. The Morgan fingerprint density at radius 2 is 1.71 bits per heavy atom. The number of rotatable bonds is 5. The van der Waals surface area contributed by atoms with Crippen LogP contribution in [0, 0.1) is 0 Å². The minimum absolute atomic E-state index is 0.392. The lowest BCUT2D eigenvalue weighted by Crippen LogP contribution is -2.29. The number of hydrogen-bond acceptors (Lipinski definition) is 3. The van der Waals surface area contributed by atoms with Gasteiger partial charge in [0.2, 0.25) is 8.32 Å². The number of Topliss-reactive ketones (excluding diaryl/α,β-unsaturated/α-hetero) is 1. The molecule has 0 heterocycles. The number of carbonyl (C=O) groups excluding carboxylic acids is 1. The Morgan fingerprint density at radius 1 is 1.18 bits per heavy atom. The molecule has 17 heavy (non-hydrogen) atoms. The lowest BCUT2D eigenvalue weighted by atomic mass is 10.1. The molecule has 0 atom stereocenters. The monoisotopic (exact) mass is 252 g/mol. The summed E-state index contributed by atoms with van der Waals surface area (Å²) in [7, 11) is -1.65. The van der Waals surface area contributed by atoms with Gasteiger partial charge in [0.15, 0.2) is 5.78 Å². The molecule has 1 aromatic carbocycles. The van der Waals surface area contributed by atoms with Crippen molar-refractivity contribution in [2.75, 3.05) is 0 Å². The van der Waals surface area contributed by atoms with Crippen LogP contribution < -0.4 is 4.43 Å². The summed E-state index contributed by atoms with van der Waals surface area (Å²) in [5.41, 5.74) is 0.398. The van der Waals surface area contributed by atoms with Gasteiger partial charge in [0.05, 0.1) is 0 Å². The maximum absolute atomic E-state index is 11.4. The Balaban J connectivity index is 2.74. The third kappa shape index (κ3) is 4.82. The quantitative estimate of drug-likeness (QED) is 0.497. The first kappa shape index (κ1) is 13.4. The zero-order chi connectivity index (χ0) is 13.1. The summed E-state index contributed by atoms with van der Waals surface area (Å²) in [6.07, 6.45) is -0.478. The Morgan fingerprint density at radius 3 is 2.12 bits per heavy atom. The molecule has 1 aromatic rings. The van der Waals surface area contributed by atoms with Gasteiger partial charge in [0, 0.05) is 5.56 Å². The lowest BCUT2D eigenvalue weighted by Gasteiger charge is -2.19. The standard InChI is InChI=1S/C12H16O4Si/c1-17(2,3)16-10-6-4-9(5-7-10)11(13)8-12(14)15/h4-7H,8H2,1-3H3,(H,14,15). The van der Waals surface area contributed by atoms with Gasteiger partial charge < -0.3 is 9.53 Å². The molecule has 0 amide bonds. The van der Waals surface area contributed by atoms with E-state index in [2.05, 4.69) is 19.6 Å². The molecule has 0 aliphatic carbocycles. The fourth-order valence-electron chi connectivity index (χ4n) is 1.30. The molecule has 0 fully saturated rings. The zero-order valence-corrected chi connectivity index (χ0v) is 11.2. The molecular formula is C12H16O4Si. The van der Waals surface area contributed by atoms with Gasteiger partial charge in [0.1, 0.15) is 12.2 Å². The van der Waals surface area contributed by atoms with Crippen LogP contribution in [0.4, 0.5) is 0 Å². The van der Waals surface area contributed by atoms with Crippen molar-refractivity contribution in [3.8, 4) is 5.75 Å². The molecule has 0 saturated carbocycles. The third-order valence-corrected chi connectivity index (χ3v) is 2.76. The Hall–Kier alpha value is -1.62. The van der Waals surface area contributed by atoms with E-state index in [1.807, 2.05) is 0 Å². The topological polar surface area (TPSA) is 63.6 Å². The minimum Gasteiger partial charge on any atom is -0.544 e. The van der Waals surface area contributed by atoms with Crippen LogP contribution in [0.5, 0.6) is 5.75 Å². The van der Waals surface area contributed by atoms with Crippen LogP contribution in [0.25, 0.3) is 0 Å². The normalized spacial score (nSPS) is 11.0. The van der Waals surface area contributed by atoms with Crippen LogP contribution in [-0.2, 0) is 4.79 Å². The summed E-state index contributed by atoms with van der Waals surface area (Å²) in [5.74, 6) is -0.787. The largest absolute Gasteiger partial charge is 0.544 e. The van der Waals surface area contributed by atoms with Gasteiger partial charge in [-0.3, -0.25) is 9.59 Å². The molecule has 0 spiro atoms. The maximum atomic E-state index is 11.4. The summed E-state index contributed by atoms with van der Waals surface area (Å²) in [4.78, 5) is 21.8. The summed E-state index contributed by atoms with van der Waals surface area (Å²) in [6.45, 7) is 6.20. The highest BCUT2D eigenvalue weighted by Crippen LogP contribution is 2.17. The first-order chi connectivity index (χ1) is 7.78. The maximum Gasteiger partial charge on any atom is 0.311 e. The van der Waals surface area contributed by atoms with E-state index in [0.29, 0.717) is 5.56 Å². The van der Waals surface area contributed by atoms with Crippen LogP contribution in [-0.4, -0.2) is 25.2 Å². The van der Waals surface area contributed by atoms with E-state index in [-0.39, 0.29) is 0 Å². The van der Waals surface area contributed by atoms with Gasteiger partial charge in [0.25, 0.3) is 0 Å². The van der Waals surface area contributed by atoms with E-state index in [0.717, 1.165) is 5.75 Å². The number of aliphatic carboxylic acids is 1. The third-order valence-electron chi connectivity index (χ3n) is 1.91. The van der Waals surface area contributed by atoms with Crippen molar-refractivity contribution in [3.63, 3.8) is 0 Å². The van der Waals surface area contributed by atoms with Crippen molar-refractivity contribution in [1.82, 2.24) is 0 Å². The van der Waals surface area contributed by atoms with E-state index in [1.165, 1.54) is 0 Å². The van der Waals surface area contributed by atoms with E-state index in [9.17, 15) is 9.59 Å². The van der Waals surface area contributed by atoms with Crippen molar-refractivity contribution in [3.05, 3.63) is 29.8 Å². The van der Waals surface area contributed by atoms with E-state index < -0.39 is 26.5 Å². The van der Waals surface area contributed by atoms with Crippen molar-refractivity contribution >= 4 is 20.1 Å². The molecule has 0 bridgehead atoms. The van der Waals surface area contributed by atoms with Gasteiger partial charge in [-0.05, 0) is 43.9 Å². The predicted octanol–water partition coefficient (Wildman–Crippen LogP) is 2.56. The SMILES string of the molecule is C[Si](C)(C)Oc1ccc(C(=O)CC(=O)O)cc1. The Bertz CT molecular complexity index is 417. The highest BCUT2D eigenvalue weighted by Gasteiger charge is 2.16. The predicted molar refractivity (Wildman–Crippen MR) is 67.0 cm³/mol. The summed E-state index contributed by atoms with van der Waals surface area (Å²) < 4.78 is 5.73. The summed E-state index contributed by atoms with van der Waals surface area (Å²) in [6, 6.07) is 6.60. The minimum atomic E-state index is -1.65. The first-order valence-electron chi connectivity index (χ1n) is 5.32. The average molecular weight is 252 g/mol. The zero-order valence-electron chi connectivity index (χ0n) is 10.2. The molecule has 0 saturated heterocycles. The van der Waals surface area contributed by atoms with E-state index in [1.54, 1.807) is 24.3 Å². The number of carboxylic acids is 1. The molecular weight excluding hydrogens is 236 g/mol. The van der Waals surface area contributed by atoms with Crippen molar-refractivity contribution in [2.24, 2.45) is 0 Å². The second-order valence-electron chi connectivity index (χ2n) is 4.73. The Labute approximate surface area is 101 Å². The molecule has 5 heteroatoms. The van der Waals surface area contributed by atoms with Crippen LogP contribution in [0.3, 0.4) is 0 Å². The van der Waals surface area contributed by atoms with Gasteiger partial charge in [-0.1, -0.05) is 0 Å². The second kappa shape index (κ2) is 5.14. The van der Waals surface area contributed by atoms with Gasteiger partial charge in [-0.15, -0.1) is 0 Å². The highest BCUT2D eigenvalue weighted by molar-refractivity contribution is 6.70. The lowest BCUT2D eigenvalue weighted by molar-refractivity contribution is -0.135. The molecule has 1 rings (SSSR count). The van der Waals surface area contributed by atoms with Crippen LogP contribution in [0.1, 0.15) is 16.8 Å². The van der Waals surface area contributed by atoms with Crippen molar-refractivity contribution in [1.29, 1.82) is 0 Å². The van der Waals surface area contributed by atoms with Gasteiger partial charge in [-0.25, -0.2) is 0 Å². The number of hydrogen-bond donors (Lipinski definition) is 1. The number of benzene rings is 1. The summed E-state index contributed by atoms with van der Waals surface area (Å²) >= 11 is 0. The van der Waals surface area contributed by atoms with Crippen LogP contribution in [0.2, 0.25) is 19.6 Å². The number of ketones is 1. The molecule has 0 aliphatic heterocycles. The molecule has 0 aliphatic rings. The fourth-order valence-corrected chi connectivity index (χ4v) is 2.15.